The van der Waals surface area contributed by atoms with Crippen molar-refractivity contribution in [2.75, 3.05) is 38.7 Å². The Morgan fingerprint density at radius 1 is 1.52 bits per heavy atom. The zero-order chi connectivity index (χ0) is 15.1. The number of likely N-dealkylation sites (tertiary alicyclic amines) is 1. The number of nitrogens with two attached hydrogens (primary N) is 1. The number of hydrogen-bond acceptors (Lipinski definition) is 4. The Kier molecular flexibility index (Phi) is 6.17. The Balaban J connectivity index is 1.72. The summed E-state index contributed by atoms with van der Waals surface area (Å²) in [5.74, 6) is 0.665. The summed E-state index contributed by atoms with van der Waals surface area (Å²) in [4.78, 5) is 14.3. The SMILES string of the molecule is COCC1CCN(CCC(=O)Nc2cccc(CN)c2)C1. The van der Waals surface area contributed by atoms with Gasteiger partial charge in [0.05, 0.1) is 6.61 Å². The van der Waals surface area contributed by atoms with Gasteiger partial charge < -0.3 is 20.7 Å². The number of benzene rings is 1. The quantitative estimate of drug-likeness (QED) is 0.798. The number of ether oxygens (including phenoxy) is 1. The summed E-state index contributed by atoms with van der Waals surface area (Å²) in [5, 5.41) is 2.93. The molecule has 5 nitrogen and oxygen atoms in total. The van der Waals surface area contributed by atoms with Gasteiger partial charge in [0.2, 0.25) is 5.91 Å². The second kappa shape index (κ2) is 8.12. The van der Waals surface area contributed by atoms with Crippen molar-refractivity contribution in [3.63, 3.8) is 0 Å². The van der Waals surface area contributed by atoms with Crippen LogP contribution in [0.1, 0.15) is 18.4 Å². The van der Waals surface area contributed by atoms with Crippen molar-refractivity contribution < 1.29 is 9.53 Å². The first-order chi connectivity index (χ1) is 10.2. The third-order valence-corrected chi connectivity index (χ3v) is 3.87. The molecule has 3 N–H and O–H groups in total. The highest BCUT2D eigenvalue weighted by molar-refractivity contribution is 5.90. The minimum Gasteiger partial charge on any atom is -0.384 e. The first kappa shape index (κ1) is 15.9. The number of methoxy groups -OCH3 is 1. The van der Waals surface area contributed by atoms with Crippen molar-refractivity contribution in [1.29, 1.82) is 0 Å². The molecule has 1 aromatic carbocycles. The van der Waals surface area contributed by atoms with E-state index in [0.29, 0.717) is 18.9 Å². The first-order valence-corrected chi connectivity index (χ1v) is 7.51. The molecule has 116 valence electrons. The standard InChI is InChI=1S/C16H25N3O2/c1-21-12-14-5-7-19(11-14)8-6-16(20)18-15-4-2-3-13(9-15)10-17/h2-4,9,14H,5-8,10-12,17H2,1H3,(H,18,20). The molecular formula is C16H25N3O2. The number of rotatable bonds is 7. The molecule has 5 heteroatoms. The van der Waals surface area contributed by atoms with E-state index in [1.165, 1.54) is 0 Å². The summed E-state index contributed by atoms with van der Waals surface area (Å²) in [6, 6.07) is 7.67. The van der Waals surface area contributed by atoms with E-state index in [4.69, 9.17) is 10.5 Å². The Morgan fingerprint density at radius 2 is 2.38 bits per heavy atom. The van der Waals surface area contributed by atoms with Crippen LogP contribution >= 0.6 is 0 Å². The van der Waals surface area contributed by atoms with Gasteiger partial charge in [-0.05, 0) is 36.6 Å². The summed E-state index contributed by atoms with van der Waals surface area (Å²) in [6.45, 7) is 4.20. The lowest BCUT2D eigenvalue weighted by molar-refractivity contribution is -0.116. The van der Waals surface area contributed by atoms with Gasteiger partial charge in [-0.3, -0.25) is 4.79 Å². The number of amides is 1. The van der Waals surface area contributed by atoms with Gasteiger partial charge in [-0.2, -0.15) is 0 Å². The van der Waals surface area contributed by atoms with Gasteiger partial charge in [0.25, 0.3) is 0 Å². The van der Waals surface area contributed by atoms with Gasteiger partial charge in [-0.1, -0.05) is 12.1 Å². The number of carbonyl (C=O) groups excluding carboxylic acids is 1. The molecule has 1 heterocycles. The molecule has 0 aromatic heterocycles. The topological polar surface area (TPSA) is 67.6 Å². The fourth-order valence-electron chi connectivity index (χ4n) is 2.75. The van der Waals surface area contributed by atoms with Crippen molar-refractivity contribution in [1.82, 2.24) is 4.90 Å². The van der Waals surface area contributed by atoms with E-state index in [2.05, 4.69) is 10.2 Å². The normalized spacial score (nSPS) is 18.9. The maximum atomic E-state index is 12.0. The molecular weight excluding hydrogens is 266 g/mol. The van der Waals surface area contributed by atoms with Crippen LogP contribution in [0.4, 0.5) is 5.69 Å². The zero-order valence-corrected chi connectivity index (χ0v) is 12.7. The zero-order valence-electron chi connectivity index (χ0n) is 12.7. The van der Waals surface area contributed by atoms with Crippen LogP contribution in [0.2, 0.25) is 0 Å². The molecule has 1 unspecified atom stereocenters. The van der Waals surface area contributed by atoms with Gasteiger partial charge in [-0.15, -0.1) is 0 Å². The average molecular weight is 291 g/mol. The highest BCUT2D eigenvalue weighted by Gasteiger charge is 2.22. The fraction of sp³-hybridized carbons (Fsp3) is 0.562. The summed E-state index contributed by atoms with van der Waals surface area (Å²) < 4.78 is 5.18. The molecule has 2 rings (SSSR count). The van der Waals surface area contributed by atoms with Crippen LogP contribution in [0, 0.1) is 5.92 Å². The van der Waals surface area contributed by atoms with Gasteiger partial charge in [0.1, 0.15) is 0 Å². The van der Waals surface area contributed by atoms with Crippen LogP contribution in [0.3, 0.4) is 0 Å². The maximum Gasteiger partial charge on any atom is 0.225 e. The molecule has 1 amide bonds. The van der Waals surface area contributed by atoms with Crippen LogP contribution in [0.25, 0.3) is 0 Å². The summed E-state index contributed by atoms with van der Waals surface area (Å²) in [5.41, 5.74) is 7.44. The number of anilines is 1. The smallest absolute Gasteiger partial charge is 0.225 e. The maximum absolute atomic E-state index is 12.0. The van der Waals surface area contributed by atoms with Gasteiger partial charge in [0, 0.05) is 38.9 Å². The predicted octanol–water partition coefficient (Wildman–Crippen LogP) is 1.44. The Bertz CT molecular complexity index is 465. The number of carbonyl (C=O) groups is 1. The minimum atomic E-state index is 0.0550. The Hall–Kier alpha value is -1.43. The molecule has 21 heavy (non-hydrogen) atoms. The van der Waals surface area contributed by atoms with E-state index >= 15 is 0 Å². The molecule has 1 saturated heterocycles. The van der Waals surface area contributed by atoms with E-state index in [1.54, 1.807) is 7.11 Å². The van der Waals surface area contributed by atoms with Crippen LogP contribution in [0.5, 0.6) is 0 Å². The average Bonchev–Trinajstić information content (AvgIpc) is 2.93. The molecule has 0 bridgehead atoms. The predicted molar refractivity (Wildman–Crippen MR) is 84.0 cm³/mol. The van der Waals surface area contributed by atoms with Crippen molar-refractivity contribution in [3.8, 4) is 0 Å². The van der Waals surface area contributed by atoms with Gasteiger partial charge in [-0.25, -0.2) is 0 Å². The molecule has 0 saturated carbocycles. The lowest BCUT2D eigenvalue weighted by Crippen LogP contribution is -2.26. The van der Waals surface area contributed by atoms with Crippen molar-refractivity contribution in [2.45, 2.75) is 19.4 Å². The second-order valence-electron chi connectivity index (χ2n) is 5.61. The van der Waals surface area contributed by atoms with Crippen molar-refractivity contribution in [3.05, 3.63) is 29.8 Å². The van der Waals surface area contributed by atoms with Crippen molar-refractivity contribution in [2.24, 2.45) is 11.7 Å². The number of nitrogens with zero attached hydrogens (tertiary/aromatic N) is 1. The molecule has 1 aliphatic rings. The summed E-state index contributed by atoms with van der Waals surface area (Å²) >= 11 is 0. The first-order valence-electron chi connectivity index (χ1n) is 7.51. The lowest BCUT2D eigenvalue weighted by atomic mass is 10.1. The number of hydrogen-bond donors (Lipinski definition) is 2. The second-order valence-corrected chi connectivity index (χ2v) is 5.61. The van der Waals surface area contributed by atoms with Crippen LogP contribution in [-0.2, 0) is 16.1 Å². The molecule has 0 aliphatic carbocycles. The molecule has 1 fully saturated rings. The lowest BCUT2D eigenvalue weighted by Gasteiger charge is -2.15. The Labute approximate surface area is 126 Å². The Morgan fingerprint density at radius 3 is 3.14 bits per heavy atom. The van der Waals surface area contributed by atoms with Gasteiger partial charge >= 0.3 is 0 Å². The van der Waals surface area contributed by atoms with Crippen molar-refractivity contribution >= 4 is 11.6 Å². The van der Waals surface area contributed by atoms with Crippen LogP contribution < -0.4 is 11.1 Å². The fourth-order valence-corrected chi connectivity index (χ4v) is 2.75. The van der Waals surface area contributed by atoms with E-state index in [1.807, 2.05) is 24.3 Å². The number of nitrogens with one attached hydrogen (secondary N) is 1. The van der Waals surface area contributed by atoms with Gasteiger partial charge in [0.15, 0.2) is 0 Å². The van der Waals surface area contributed by atoms with E-state index in [0.717, 1.165) is 43.9 Å². The largest absolute Gasteiger partial charge is 0.384 e. The summed E-state index contributed by atoms with van der Waals surface area (Å²) in [7, 11) is 1.74. The highest BCUT2D eigenvalue weighted by atomic mass is 16.5. The molecule has 0 spiro atoms. The molecule has 1 aromatic rings. The summed E-state index contributed by atoms with van der Waals surface area (Å²) in [6.07, 6.45) is 1.68. The highest BCUT2D eigenvalue weighted by Crippen LogP contribution is 2.16. The monoisotopic (exact) mass is 291 g/mol. The third kappa shape index (κ3) is 5.12. The van der Waals surface area contributed by atoms with E-state index in [-0.39, 0.29) is 5.91 Å². The minimum absolute atomic E-state index is 0.0550. The molecule has 0 radical (unpaired) electrons. The van der Waals surface area contributed by atoms with E-state index < -0.39 is 0 Å². The molecule has 1 aliphatic heterocycles. The van der Waals surface area contributed by atoms with Crippen LogP contribution in [-0.4, -0.2) is 44.2 Å². The van der Waals surface area contributed by atoms with E-state index in [9.17, 15) is 4.79 Å². The van der Waals surface area contributed by atoms with Crippen LogP contribution in [0.15, 0.2) is 24.3 Å². The third-order valence-electron chi connectivity index (χ3n) is 3.87. The molecule has 1 atom stereocenters.